The van der Waals surface area contributed by atoms with Crippen molar-refractivity contribution in [2.75, 3.05) is 58.5 Å². The van der Waals surface area contributed by atoms with E-state index in [-0.39, 0.29) is 17.7 Å². The van der Waals surface area contributed by atoms with Gasteiger partial charge in [0, 0.05) is 73.7 Å². The summed E-state index contributed by atoms with van der Waals surface area (Å²) >= 11 is 0. The van der Waals surface area contributed by atoms with Gasteiger partial charge in [-0.1, -0.05) is 32.0 Å². The van der Waals surface area contributed by atoms with E-state index in [1.54, 1.807) is 26.5 Å². The molecule has 0 spiro atoms. The minimum atomic E-state index is -0.687. The van der Waals surface area contributed by atoms with Crippen LogP contribution in [0.3, 0.4) is 0 Å². The van der Waals surface area contributed by atoms with Gasteiger partial charge in [0.1, 0.15) is 11.9 Å². The second kappa shape index (κ2) is 15.0. The Morgan fingerprint density at radius 3 is 2.54 bits per heavy atom. The zero-order chi connectivity index (χ0) is 33.6. The number of hydrogen-bond acceptors (Lipinski definition) is 9. The van der Waals surface area contributed by atoms with Crippen LogP contribution in [0, 0.1) is 5.92 Å². The number of benzene rings is 2. The lowest BCUT2D eigenvalue weighted by Crippen LogP contribution is -2.48. The normalized spacial score (nSPS) is 17.8. The maximum absolute atomic E-state index is 13.5. The molecule has 0 aliphatic carbocycles. The number of ether oxygens (including phenoxy) is 3. The van der Waals surface area contributed by atoms with Gasteiger partial charge in [0.2, 0.25) is 5.91 Å². The lowest BCUT2D eigenvalue weighted by atomic mass is 10.00. The smallest absolute Gasteiger partial charge is 0.253 e. The number of aromatic nitrogens is 2. The van der Waals surface area contributed by atoms with Crippen molar-refractivity contribution in [3.05, 3.63) is 77.6 Å². The molecule has 2 aliphatic rings. The van der Waals surface area contributed by atoms with E-state index in [1.165, 1.54) is 6.20 Å². The predicted molar refractivity (Wildman–Crippen MR) is 185 cm³/mol. The quantitative estimate of drug-likeness (QED) is 0.299. The van der Waals surface area contributed by atoms with Gasteiger partial charge in [-0.05, 0) is 48.2 Å². The fourth-order valence-electron chi connectivity index (χ4n) is 6.47. The van der Waals surface area contributed by atoms with Crippen LogP contribution in [0.5, 0.6) is 11.5 Å². The van der Waals surface area contributed by atoms with Crippen molar-refractivity contribution < 1.29 is 23.8 Å². The third kappa shape index (κ3) is 7.53. The minimum Gasteiger partial charge on any atom is -0.493 e. The highest BCUT2D eigenvalue weighted by Crippen LogP contribution is 2.40. The Balaban J connectivity index is 1.43. The molecule has 11 heteroatoms. The molecule has 0 unspecified atom stereocenters. The number of rotatable bonds is 7. The molecule has 2 aliphatic heterocycles. The molecule has 2 amide bonds. The molecule has 4 heterocycles. The second-order valence-electron chi connectivity index (χ2n) is 12.8. The van der Waals surface area contributed by atoms with Crippen LogP contribution in [0.25, 0.3) is 22.0 Å². The monoisotopic (exact) mass is 652 g/mol. The maximum atomic E-state index is 13.5. The maximum Gasteiger partial charge on any atom is 0.253 e. The molecule has 48 heavy (non-hydrogen) atoms. The molecule has 0 radical (unpaired) electrons. The van der Waals surface area contributed by atoms with Gasteiger partial charge in [0.15, 0.2) is 11.5 Å². The Kier molecular flexibility index (Phi) is 10.4. The Hall–Kier alpha value is -4.74. The molecule has 2 aromatic carbocycles. The topological polar surface area (TPSA) is 118 Å². The largest absolute Gasteiger partial charge is 0.493 e. The summed E-state index contributed by atoms with van der Waals surface area (Å²) in [5, 5.41) is 7.14. The summed E-state index contributed by atoms with van der Waals surface area (Å²) in [6.07, 6.45) is 3.73. The molecule has 252 valence electrons. The third-order valence-electron chi connectivity index (χ3n) is 8.80. The number of anilines is 1. The van der Waals surface area contributed by atoms with Crippen LogP contribution in [0.1, 0.15) is 41.8 Å². The van der Waals surface area contributed by atoms with Crippen LogP contribution < -0.4 is 25.0 Å². The van der Waals surface area contributed by atoms with Crippen molar-refractivity contribution >= 4 is 28.5 Å². The minimum absolute atomic E-state index is 0.196. The number of amides is 2. The summed E-state index contributed by atoms with van der Waals surface area (Å²) in [5.74, 6) is 1.72. The van der Waals surface area contributed by atoms with Crippen LogP contribution in [-0.2, 0) is 22.6 Å². The lowest BCUT2D eigenvalue weighted by molar-refractivity contribution is -0.123. The van der Waals surface area contributed by atoms with E-state index in [0.29, 0.717) is 68.4 Å². The first kappa shape index (κ1) is 33.2. The SMILES string of the molecule is COc1cc2cc(c1OC)-c1cncc(c1)C(=O)N[C@H](CC(C)C)C(=O)NCCN(Cc1cc3ccccc3nc1N1CCOCC1)C2. The number of methoxy groups -OCH3 is 2. The first-order valence-corrected chi connectivity index (χ1v) is 16.6. The van der Waals surface area contributed by atoms with Gasteiger partial charge in [0.05, 0.1) is 38.5 Å². The number of carbonyl (C=O) groups excluding carboxylic acids is 2. The average molecular weight is 653 g/mol. The third-order valence-corrected chi connectivity index (χ3v) is 8.80. The molecule has 1 saturated heterocycles. The van der Waals surface area contributed by atoms with E-state index >= 15 is 0 Å². The van der Waals surface area contributed by atoms with Crippen molar-refractivity contribution in [2.45, 2.75) is 39.4 Å². The molecule has 4 bridgehead atoms. The summed E-state index contributed by atoms with van der Waals surface area (Å²) in [4.78, 5) is 41.1. The number of hydrogen-bond donors (Lipinski definition) is 2. The van der Waals surface area contributed by atoms with E-state index in [9.17, 15) is 9.59 Å². The molecule has 11 nitrogen and oxygen atoms in total. The van der Waals surface area contributed by atoms with E-state index in [2.05, 4.69) is 43.6 Å². The average Bonchev–Trinajstić information content (AvgIpc) is 3.10. The Morgan fingerprint density at radius 2 is 1.77 bits per heavy atom. The van der Waals surface area contributed by atoms with Crippen LogP contribution in [0.15, 0.2) is 60.9 Å². The second-order valence-corrected chi connectivity index (χ2v) is 12.8. The fourth-order valence-corrected chi connectivity index (χ4v) is 6.47. The van der Waals surface area contributed by atoms with Gasteiger partial charge >= 0.3 is 0 Å². The molecule has 6 rings (SSSR count). The van der Waals surface area contributed by atoms with Crippen LogP contribution >= 0.6 is 0 Å². The number of nitrogens with one attached hydrogen (secondary N) is 2. The number of pyridine rings is 2. The highest BCUT2D eigenvalue weighted by Gasteiger charge is 2.25. The Morgan fingerprint density at radius 1 is 0.979 bits per heavy atom. The molecular formula is C37H44N6O5. The van der Waals surface area contributed by atoms with Gasteiger partial charge in [0.25, 0.3) is 5.91 Å². The van der Waals surface area contributed by atoms with Gasteiger partial charge in [-0.25, -0.2) is 4.98 Å². The van der Waals surface area contributed by atoms with Crippen molar-refractivity contribution in [1.29, 1.82) is 0 Å². The van der Waals surface area contributed by atoms with E-state index in [1.807, 2.05) is 38.1 Å². The molecule has 2 N–H and O–H groups in total. The lowest BCUT2D eigenvalue weighted by Gasteiger charge is -2.31. The molecule has 1 fully saturated rings. The number of para-hydroxylation sites is 1. The molecule has 1 atom stereocenters. The van der Waals surface area contributed by atoms with Crippen molar-refractivity contribution in [1.82, 2.24) is 25.5 Å². The van der Waals surface area contributed by atoms with E-state index in [4.69, 9.17) is 19.2 Å². The number of nitrogens with zero attached hydrogens (tertiary/aromatic N) is 4. The Bertz CT molecular complexity index is 1770. The molecule has 4 aromatic rings. The van der Waals surface area contributed by atoms with Crippen LogP contribution in [-0.4, -0.2) is 86.3 Å². The summed E-state index contributed by atoms with van der Waals surface area (Å²) in [6, 6.07) is 15.5. The van der Waals surface area contributed by atoms with Crippen LogP contribution in [0.2, 0.25) is 0 Å². The number of morpholine rings is 1. The fraction of sp³-hybridized carbons (Fsp3) is 0.405. The first-order chi connectivity index (χ1) is 23.3. The van der Waals surface area contributed by atoms with Crippen molar-refractivity contribution in [3.63, 3.8) is 0 Å². The standard InChI is InChI=1S/C37H44N6O5/c1-24(2)15-32-37(45)39-9-10-42(23-29-18-26-7-5-6-8-31(26)40-35(29)43-11-13-48-14-12-43)22-25-16-30(34(47-4)33(17-25)46-3)27-19-28(21-38-20-27)36(44)41-32/h5-8,16-21,24,32H,9-15,22-23H2,1-4H3,(H,39,45)(H,41,44)/t32-/m1/s1. The Labute approximate surface area is 281 Å². The van der Waals surface area contributed by atoms with Crippen molar-refractivity contribution in [2.24, 2.45) is 5.92 Å². The number of fused-ring (bicyclic) bond motifs is 6. The molecular weight excluding hydrogens is 608 g/mol. The zero-order valence-electron chi connectivity index (χ0n) is 28.1. The van der Waals surface area contributed by atoms with Crippen LogP contribution in [0.4, 0.5) is 5.82 Å². The summed E-state index contributed by atoms with van der Waals surface area (Å²) in [5.41, 5.74) is 4.86. The molecule has 0 saturated carbocycles. The van der Waals surface area contributed by atoms with Gasteiger partial charge in [-0.3, -0.25) is 19.5 Å². The van der Waals surface area contributed by atoms with Gasteiger partial charge in [-0.2, -0.15) is 0 Å². The van der Waals surface area contributed by atoms with Gasteiger partial charge in [-0.15, -0.1) is 0 Å². The van der Waals surface area contributed by atoms with E-state index < -0.39 is 6.04 Å². The van der Waals surface area contributed by atoms with Gasteiger partial charge < -0.3 is 29.7 Å². The zero-order valence-corrected chi connectivity index (χ0v) is 28.1. The molecule has 2 aromatic heterocycles. The first-order valence-electron chi connectivity index (χ1n) is 16.6. The highest BCUT2D eigenvalue weighted by atomic mass is 16.5. The van der Waals surface area contributed by atoms with Crippen molar-refractivity contribution in [3.8, 4) is 22.6 Å². The summed E-state index contributed by atoms with van der Waals surface area (Å²) in [6.45, 7) is 9.02. The summed E-state index contributed by atoms with van der Waals surface area (Å²) < 4.78 is 17.3. The van der Waals surface area contributed by atoms with E-state index in [0.717, 1.165) is 46.5 Å². The number of carbonyl (C=O) groups is 2. The summed E-state index contributed by atoms with van der Waals surface area (Å²) in [7, 11) is 3.22. The predicted octanol–water partition coefficient (Wildman–Crippen LogP) is 4.43. The highest BCUT2D eigenvalue weighted by molar-refractivity contribution is 5.98.